The first-order chi connectivity index (χ1) is 15.2. The molecule has 2 aromatic rings. The Morgan fingerprint density at radius 3 is 2.34 bits per heavy atom. The van der Waals surface area contributed by atoms with Crippen LogP contribution in [0.4, 0.5) is 0 Å². The van der Waals surface area contributed by atoms with E-state index < -0.39 is 0 Å². The van der Waals surface area contributed by atoms with Crippen molar-refractivity contribution in [2.75, 3.05) is 13.1 Å². The third-order valence-electron chi connectivity index (χ3n) is 7.72. The Bertz CT molecular complexity index is 997. The number of nitrogens with one attached hydrogen (secondary N) is 2. The molecule has 2 heterocycles. The summed E-state index contributed by atoms with van der Waals surface area (Å²) in [7, 11) is 0. The second-order valence-corrected chi connectivity index (χ2v) is 12.0. The van der Waals surface area contributed by atoms with Crippen molar-refractivity contribution in [3.63, 3.8) is 0 Å². The highest BCUT2D eigenvalue weighted by Gasteiger charge is 2.50. The second kappa shape index (κ2) is 7.89. The second-order valence-electron chi connectivity index (χ2n) is 12.0. The van der Waals surface area contributed by atoms with E-state index in [-0.39, 0.29) is 23.7 Å². The fourth-order valence-corrected chi connectivity index (χ4v) is 6.79. The van der Waals surface area contributed by atoms with Gasteiger partial charge in [-0.3, -0.25) is 14.0 Å². The molecule has 2 N–H and O–H groups in total. The molecular weight excluding hydrogens is 400 g/mol. The van der Waals surface area contributed by atoms with E-state index in [1.165, 1.54) is 38.5 Å². The lowest BCUT2D eigenvalue weighted by atomic mass is 9.49. The first-order valence-electron chi connectivity index (χ1n) is 12.2. The SMILES string of the molecule is CC(C)(C)CNC(=O)Cc1cn2c(C(=O)NCC34CC5CC(CC(C5)C3)C4)cccc2n1. The maximum Gasteiger partial charge on any atom is 0.268 e. The lowest BCUT2D eigenvalue weighted by molar-refractivity contribution is -0.120. The average Bonchev–Trinajstić information content (AvgIpc) is 3.11. The molecule has 0 aliphatic heterocycles. The summed E-state index contributed by atoms with van der Waals surface area (Å²) in [6, 6.07) is 5.59. The summed E-state index contributed by atoms with van der Waals surface area (Å²) in [5.41, 5.74) is 2.31. The molecule has 4 bridgehead atoms. The molecule has 4 aliphatic rings. The van der Waals surface area contributed by atoms with Gasteiger partial charge in [0.15, 0.2) is 0 Å². The topological polar surface area (TPSA) is 75.5 Å². The van der Waals surface area contributed by atoms with Crippen LogP contribution in [0, 0.1) is 28.6 Å². The first-order valence-corrected chi connectivity index (χ1v) is 12.2. The molecule has 4 fully saturated rings. The Kier molecular flexibility index (Phi) is 5.30. The smallest absolute Gasteiger partial charge is 0.268 e. The van der Waals surface area contributed by atoms with Crippen molar-refractivity contribution >= 4 is 17.5 Å². The van der Waals surface area contributed by atoms with Crippen LogP contribution < -0.4 is 10.6 Å². The average molecular weight is 437 g/mol. The number of fused-ring (bicyclic) bond motifs is 1. The highest BCUT2D eigenvalue weighted by atomic mass is 16.2. The van der Waals surface area contributed by atoms with Crippen LogP contribution in [-0.2, 0) is 11.2 Å². The molecule has 4 aliphatic carbocycles. The third kappa shape index (κ3) is 4.41. The minimum absolute atomic E-state index is 0.0382. The summed E-state index contributed by atoms with van der Waals surface area (Å²) in [6.45, 7) is 7.67. The number of amides is 2. The molecule has 0 spiro atoms. The van der Waals surface area contributed by atoms with Crippen LogP contribution in [0.1, 0.15) is 75.5 Å². The molecule has 2 aromatic heterocycles. The van der Waals surface area contributed by atoms with Crippen LogP contribution in [0.2, 0.25) is 0 Å². The highest BCUT2D eigenvalue weighted by Crippen LogP contribution is 2.59. The Morgan fingerprint density at radius 2 is 1.72 bits per heavy atom. The predicted octanol–water partition coefficient (Wildman–Crippen LogP) is 3.99. The molecule has 6 nitrogen and oxygen atoms in total. The monoisotopic (exact) mass is 436 g/mol. The van der Waals surface area contributed by atoms with Crippen molar-refractivity contribution in [2.45, 2.75) is 65.7 Å². The lowest BCUT2D eigenvalue weighted by Crippen LogP contribution is -2.51. The number of hydrogen-bond donors (Lipinski definition) is 2. The molecule has 32 heavy (non-hydrogen) atoms. The molecule has 2 amide bonds. The molecular formula is C26H36N4O2. The zero-order chi connectivity index (χ0) is 22.5. The maximum atomic E-state index is 13.2. The Labute approximate surface area is 190 Å². The van der Waals surface area contributed by atoms with E-state index >= 15 is 0 Å². The van der Waals surface area contributed by atoms with Gasteiger partial charge in [0.2, 0.25) is 5.91 Å². The van der Waals surface area contributed by atoms with Crippen molar-refractivity contribution in [1.29, 1.82) is 0 Å². The molecule has 172 valence electrons. The molecule has 0 radical (unpaired) electrons. The van der Waals surface area contributed by atoms with E-state index in [9.17, 15) is 9.59 Å². The minimum Gasteiger partial charge on any atom is -0.355 e. The molecule has 0 aromatic carbocycles. The van der Waals surface area contributed by atoms with Crippen molar-refractivity contribution in [2.24, 2.45) is 28.6 Å². The summed E-state index contributed by atoms with van der Waals surface area (Å²) < 4.78 is 1.82. The first kappa shape index (κ1) is 21.5. The molecule has 6 heteroatoms. The van der Waals surface area contributed by atoms with E-state index in [0.717, 1.165) is 24.3 Å². The maximum absolute atomic E-state index is 13.2. The quantitative estimate of drug-likeness (QED) is 0.719. The van der Waals surface area contributed by atoms with Gasteiger partial charge in [0.05, 0.1) is 12.1 Å². The van der Waals surface area contributed by atoms with E-state index in [1.54, 1.807) is 0 Å². The molecule has 0 saturated heterocycles. The van der Waals surface area contributed by atoms with Gasteiger partial charge >= 0.3 is 0 Å². The van der Waals surface area contributed by atoms with E-state index in [4.69, 9.17) is 0 Å². The van der Waals surface area contributed by atoms with Crippen LogP contribution in [0.15, 0.2) is 24.4 Å². The number of rotatable bonds is 6. The molecule has 0 atom stereocenters. The van der Waals surface area contributed by atoms with E-state index in [2.05, 4.69) is 36.4 Å². The standard InChI is InChI=1S/C26H36N4O2/c1-25(2,3)15-27-23(31)10-20-14-30-21(5-4-6-22(30)29-20)24(32)28-16-26-11-17-7-18(12-26)9-19(8-17)13-26/h4-6,14,17-19H,7-13,15-16H2,1-3H3,(H,27,31)(H,28,32). The number of nitrogens with zero attached hydrogens (tertiary/aromatic N) is 2. The largest absolute Gasteiger partial charge is 0.355 e. The van der Waals surface area contributed by atoms with Gasteiger partial charge in [0.1, 0.15) is 11.3 Å². The number of hydrogen-bond acceptors (Lipinski definition) is 3. The Morgan fingerprint density at radius 1 is 1.06 bits per heavy atom. The van der Waals surface area contributed by atoms with Gasteiger partial charge in [-0.05, 0) is 79.2 Å². The van der Waals surface area contributed by atoms with Crippen LogP contribution in [0.5, 0.6) is 0 Å². The fraction of sp³-hybridized carbons (Fsp3) is 0.654. The van der Waals surface area contributed by atoms with Gasteiger partial charge in [0.25, 0.3) is 5.91 Å². The molecule has 0 unspecified atom stereocenters. The lowest BCUT2D eigenvalue weighted by Gasteiger charge is -2.56. The number of aromatic nitrogens is 2. The third-order valence-corrected chi connectivity index (χ3v) is 7.72. The van der Waals surface area contributed by atoms with Crippen LogP contribution in [-0.4, -0.2) is 34.3 Å². The summed E-state index contributed by atoms with van der Waals surface area (Å²) in [5.74, 6) is 2.54. The van der Waals surface area contributed by atoms with Gasteiger partial charge in [-0.2, -0.15) is 0 Å². The van der Waals surface area contributed by atoms with Gasteiger partial charge in [0, 0.05) is 19.3 Å². The van der Waals surface area contributed by atoms with Crippen LogP contribution >= 0.6 is 0 Å². The van der Waals surface area contributed by atoms with Crippen molar-refractivity contribution in [3.05, 3.63) is 35.8 Å². The number of pyridine rings is 1. The van der Waals surface area contributed by atoms with Crippen molar-refractivity contribution < 1.29 is 9.59 Å². The summed E-state index contributed by atoms with van der Waals surface area (Å²) in [5, 5.41) is 6.24. The van der Waals surface area contributed by atoms with E-state index in [0.29, 0.717) is 29.0 Å². The fourth-order valence-electron chi connectivity index (χ4n) is 6.79. The number of imidazole rings is 1. The van der Waals surface area contributed by atoms with Crippen LogP contribution in [0.25, 0.3) is 5.65 Å². The van der Waals surface area contributed by atoms with Gasteiger partial charge in [-0.15, -0.1) is 0 Å². The highest BCUT2D eigenvalue weighted by molar-refractivity contribution is 5.93. The van der Waals surface area contributed by atoms with E-state index in [1.807, 2.05) is 28.8 Å². The van der Waals surface area contributed by atoms with Crippen molar-refractivity contribution in [1.82, 2.24) is 20.0 Å². The Balaban J connectivity index is 1.26. The zero-order valence-corrected chi connectivity index (χ0v) is 19.6. The number of carbonyl (C=O) groups excluding carboxylic acids is 2. The molecule has 4 saturated carbocycles. The minimum atomic E-state index is -0.0486. The van der Waals surface area contributed by atoms with Crippen LogP contribution in [0.3, 0.4) is 0 Å². The molecule has 6 rings (SSSR count). The van der Waals surface area contributed by atoms with Gasteiger partial charge in [-0.1, -0.05) is 26.8 Å². The summed E-state index contributed by atoms with van der Waals surface area (Å²) >= 11 is 0. The van der Waals surface area contributed by atoms with Gasteiger partial charge < -0.3 is 10.6 Å². The summed E-state index contributed by atoms with van der Waals surface area (Å²) in [6.07, 6.45) is 10.1. The van der Waals surface area contributed by atoms with Crippen molar-refractivity contribution in [3.8, 4) is 0 Å². The Hall–Kier alpha value is -2.37. The summed E-state index contributed by atoms with van der Waals surface area (Å²) in [4.78, 5) is 30.1. The zero-order valence-electron chi connectivity index (χ0n) is 19.6. The van der Waals surface area contributed by atoms with Gasteiger partial charge in [-0.25, -0.2) is 4.98 Å². The normalized spacial score (nSPS) is 28.8. The predicted molar refractivity (Wildman–Crippen MR) is 124 cm³/mol. The number of carbonyl (C=O) groups is 2.